The van der Waals surface area contributed by atoms with E-state index in [0.29, 0.717) is 17.3 Å². The molecular formula is C15H17F3N4. The molecule has 0 atom stereocenters. The summed E-state index contributed by atoms with van der Waals surface area (Å²) in [5, 5.41) is 6.02. The zero-order chi connectivity index (χ0) is 16.4. The second-order valence-electron chi connectivity index (χ2n) is 5.87. The van der Waals surface area contributed by atoms with Gasteiger partial charge in [0.2, 0.25) is 0 Å². The largest absolute Gasteiger partial charge is 0.416 e. The number of hydrogen-bond donors (Lipinski definition) is 2. The Balaban J connectivity index is 2.19. The highest BCUT2D eigenvalue weighted by Crippen LogP contribution is 2.31. The number of benzene rings is 1. The molecule has 4 nitrogen and oxygen atoms in total. The summed E-state index contributed by atoms with van der Waals surface area (Å²) in [5.74, 6) is 1.01. The first kappa shape index (κ1) is 16.1. The first-order valence-corrected chi connectivity index (χ1v) is 6.68. The summed E-state index contributed by atoms with van der Waals surface area (Å²) in [6.07, 6.45) is -3.02. The van der Waals surface area contributed by atoms with Crippen molar-refractivity contribution in [2.24, 2.45) is 0 Å². The van der Waals surface area contributed by atoms with Gasteiger partial charge in [-0.2, -0.15) is 13.2 Å². The van der Waals surface area contributed by atoms with Crippen molar-refractivity contribution in [3.8, 4) is 0 Å². The lowest BCUT2D eigenvalue weighted by Gasteiger charge is -2.21. The normalized spacial score (nSPS) is 12.1. The van der Waals surface area contributed by atoms with Crippen LogP contribution in [0.3, 0.4) is 0 Å². The van der Waals surface area contributed by atoms with Crippen molar-refractivity contribution in [1.29, 1.82) is 0 Å². The van der Waals surface area contributed by atoms with Crippen LogP contribution in [-0.2, 0) is 6.18 Å². The molecule has 1 aromatic carbocycles. The van der Waals surface area contributed by atoms with Gasteiger partial charge in [0.25, 0.3) is 0 Å². The van der Waals surface area contributed by atoms with Gasteiger partial charge in [-0.1, -0.05) is 6.07 Å². The van der Waals surface area contributed by atoms with Crippen LogP contribution in [-0.4, -0.2) is 15.5 Å². The van der Waals surface area contributed by atoms with E-state index >= 15 is 0 Å². The molecule has 0 spiro atoms. The molecule has 2 rings (SSSR count). The van der Waals surface area contributed by atoms with Crippen LogP contribution < -0.4 is 10.6 Å². The molecule has 0 saturated carbocycles. The number of nitrogens with zero attached hydrogens (tertiary/aromatic N) is 2. The minimum atomic E-state index is -4.37. The van der Waals surface area contributed by atoms with Crippen LogP contribution >= 0.6 is 0 Å². The van der Waals surface area contributed by atoms with Gasteiger partial charge in [0.05, 0.1) is 5.56 Å². The van der Waals surface area contributed by atoms with Crippen LogP contribution in [0.1, 0.15) is 26.3 Å². The Morgan fingerprint density at radius 2 is 1.64 bits per heavy atom. The Morgan fingerprint density at radius 1 is 0.955 bits per heavy atom. The van der Waals surface area contributed by atoms with Gasteiger partial charge >= 0.3 is 6.18 Å². The summed E-state index contributed by atoms with van der Waals surface area (Å²) >= 11 is 0. The molecule has 0 fully saturated rings. The third-order valence-electron chi connectivity index (χ3n) is 2.63. The maximum atomic E-state index is 12.7. The van der Waals surface area contributed by atoms with Crippen molar-refractivity contribution < 1.29 is 13.2 Å². The number of aromatic nitrogens is 2. The highest BCUT2D eigenvalue weighted by molar-refractivity contribution is 5.60. The van der Waals surface area contributed by atoms with E-state index in [1.54, 1.807) is 12.1 Å². The molecule has 0 aliphatic carbocycles. The summed E-state index contributed by atoms with van der Waals surface area (Å²) < 4.78 is 38.1. The molecule has 0 aliphatic rings. The Morgan fingerprint density at radius 3 is 2.27 bits per heavy atom. The standard InChI is InChI=1S/C15H17F3N4/c1-14(2,3)22-13-8-12(19-9-20-13)21-11-6-4-5-10(7-11)15(16,17)18/h4-9H,1-3H3,(H2,19,20,21,22). The molecule has 7 heteroatoms. The third-order valence-corrected chi connectivity index (χ3v) is 2.63. The van der Waals surface area contributed by atoms with Gasteiger partial charge in [-0.3, -0.25) is 0 Å². The van der Waals surface area contributed by atoms with Crippen molar-refractivity contribution >= 4 is 17.3 Å². The number of nitrogens with one attached hydrogen (secondary N) is 2. The number of rotatable bonds is 3. The third kappa shape index (κ3) is 4.61. The highest BCUT2D eigenvalue weighted by Gasteiger charge is 2.30. The highest BCUT2D eigenvalue weighted by atomic mass is 19.4. The number of alkyl halides is 3. The summed E-state index contributed by atoms with van der Waals surface area (Å²) in [7, 11) is 0. The quantitative estimate of drug-likeness (QED) is 0.879. The van der Waals surface area contributed by atoms with E-state index in [0.717, 1.165) is 12.1 Å². The van der Waals surface area contributed by atoms with E-state index in [9.17, 15) is 13.2 Å². The Hall–Kier alpha value is -2.31. The van der Waals surface area contributed by atoms with Crippen LogP contribution in [0, 0.1) is 0 Å². The minimum absolute atomic E-state index is 0.179. The fourth-order valence-electron chi connectivity index (χ4n) is 1.80. The topological polar surface area (TPSA) is 49.8 Å². The molecular weight excluding hydrogens is 293 g/mol. The van der Waals surface area contributed by atoms with Crippen molar-refractivity contribution in [3.05, 3.63) is 42.2 Å². The predicted molar refractivity (Wildman–Crippen MR) is 80.1 cm³/mol. The van der Waals surface area contributed by atoms with E-state index < -0.39 is 11.7 Å². The number of anilines is 3. The van der Waals surface area contributed by atoms with E-state index in [-0.39, 0.29) is 5.54 Å². The van der Waals surface area contributed by atoms with Crippen molar-refractivity contribution in [3.63, 3.8) is 0 Å². The predicted octanol–water partition coefficient (Wildman–Crippen LogP) is 4.45. The van der Waals surface area contributed by atoms with E-state index in [2.05, 4.69) is 20.6 Å². The molecule has 22 heavy (non-hydrogen) atoms. The minimum Gasteiger partial charge on any atom is -0.365 e. The van der Waals surface area contributed by atoms with Gasteiger partial charge in [0, 0.05) is 17.3 Å². The van der Waals surface area contributed by atoms with Crippen molar-refractivity contribution in [2.75, 3.05) is 10.6 Å². The lowest BCUT2D eigenvalue weighted by molar-refractivity contribution is -0.137. The van der Waals surface area contributed by atoms with Crippen molar-refractivity contribution in [1.82, 2.24) is 9.97 Å². The second kappa shape index (κ2) is 5.82. The Labute approximate surface area is 126 Å². The molecule has 0 radical (unpaired) electrons. The van der Waals surface area contributed by atoms with Crippen molar-refractivity contribution in [2.45, 2.75) is 32.5 Å². The van der Waals surface area contributed by atoms with Crippen LogP contribution in [0.15, 0.2) is 36.7 Å². The maximum Gasteiger partial charge on any atom is 0.416 e. The zero-order valence-electron chi connectivity index (χ0n) is 12.5. The van der Waals surface area contributed by atoms with Crippen LogP contribution in [0.2, 0.25) is 0 Å². The molecule has 0 aliphatic heterocycles. The molecule has 0 bridgehead atoms. The fourth-order valence-corrected chi connectivity index (χ4v) is 1.80. The first-order chi connectivity index (χ1) is 10.1. The van der Waals surface area contributed by atoms with Gasteiger partial charge in [-0.15, -0.1) is 0 Å². The number of hydrogen-bond acceptors (Lipinski definition) is 4. The average molecular weight is 310 g/mol. The molecule has 2 aromatic rings. The van der Waals surface area contributed by atoms with Gasteiger partial charge in [-0.25, -0.2) is 9.97 Å². The summed E-state index contributed by atoms with van der Waals surface area (Å²) in [4.78, 5) is 8.09. The van der Waals surface area contributed by atoms with Crippen LogP contribution in [0.25, 0.3) is 0 Å². The van der Waals surface area contributed by atoms with Crippen LogP contribution in [0.4, 0.5) is 30.5 Å². The Bertz CT molecular complexity index is 648. The maximum absolute atomic E-state index is 12.7. The Kier molecular flexibility index (Phi) is 4.25. The first-order valence-electron chi connectivity index (χ1n) is 6.68. The molecule has 1 heterocycles. The molecule has 2 N–H and O–H groups in total. The van der Waals surface area contributed by atoms with Gasteiger partial charge < -0.3 is 10.6 Å². The van der Waals surface area contributed by atoms with Gasteiger partial charge in [0.1, 0.15) is 18.0 Å². The molecule has 0 amide bonds. The monoisotopic (exact) mass is 310 g/mol. The van der Waals surface area contributed by atoms with E-state index in [1.807, 2.05) is 20.8 Å². The number of halogens is 3. The summed E-state index contributed by atoms with van der Waals surface area (Å²) in [5.41, 5.74) is -0.572. The molecule has 0 unspecified atom stereocenters. The van der Waals surface area contributed by atoms with Crippen LogP contribution in [0.5, 0.6) is 0 Å². The molecule has 0 saturated heterocycles. The van der Waals surface area contributed by atoms with E-state index in [4.69, 9.17) is 0 Å². The van der Waals surface area contributed by atoms with Gasteiger partial charge in [-0.05, 0) is 39.0 Å². The fraction of sp³-hybridized carbons (Fsp3) is 0.333. The lowest BCUT2D eigenvalue weighted by atomic mass is 10.1. The smallest absolute Gasteiger partial charge is 0.365 e. The summed E-state index contributed by atoms with van der Waals surface area (Å²) in [6, 6.07) is 6.61. The SMILES string of the molecule is CC(C)(C)Nc1cc(Nc2cccc(C(F)(F)F)c2)ncn1. The van der Waals surface area contributed by atoms with Gasteiger partial charge in [0.15, 0.2) is 0 Å². The average Bonchev–Trinajstić information content (AvgIpc) is 2.36. The summed E-state index contributed by atoms with van der Waals surface area (Å²) in [6.45, 7) is 5.94. The zero-order valence-corrected chi connectivity index (χ0v) is 12.5. The lowest BCUT2D eigenvalue weighted by Crippen LogP contribution is -2.26. The molecule has 118 valence electrons. The molecule has 1 aromatic heterocycles. The van der Waals surface area contributed by atoms with E-state index in [1.165, 1.54) is 12.4 Å². The second-order valence-corrected chi connectivity index (χ2v) is 5.87.